The van der Waals surface area contributed by atoms with Crippen LogP contribution in [0.5, 0.6) is 0 Å². The Balaban J connectivity index is 2.93. The molecule has 0 spiro atoms. The molecule has 0 radical (unpaired) electrons. The van der Waals surface area contributed by atoms with Crippen molar-refractivity contribution < 1.29 is 13.8 Å². The van der Waals surface area contributed by atoms with Gasteiger partial charge < -0.3 is 14.4 Å². The van der Waals surface area contributed by atoms with E-state index in [1.807, 2.05) is 6.07 Å². The van der Waals surface area contributed by atoms with Crippen molar-refractivity contribution >= 4 is 69.6 Å². The van der Waals surface area contributed by atoms with E-state index in [9.17, 15) is 4.79 Å². The average Bonchev–Trinajstić information content (AvgIpc) is 2.47. The number of benzene rings is 1. The molecule has 0 fully saturated rings. The molecule has 10 heteroatoms. The Labute approximate surface area is 160 Å². The van der Waals surface area contributed by atoms with Gasteiger partial charge in [0.05, 0.1) is 13.2 Å². The van der Waals surface area contributed by atoms with Crippen molar-refractivity contribution in [2.75, 3.05) is 13.2 Å². The van der Waals surface area contributed by atoms with Crippen molar-refractivity contribution in [1.29, 1.82) is 0 Å². The van der Waals surface area contributed by atoms with Crippen molar-refractivity contribution in [3.63, 3.8) is 0 Å². The van der Waals surface area contributed by atoms with Gasteiger partial charge in [-0.15, -0.1) is 0 Å². The topological polar surface area (TPSA) is 47.6 Å². The number of alkyl halides is 3. The van der Waals surface area contributed by atoms with Gasteiger partial charge in [0.2, 0.25) is 9.49 Å². The fourth-order valence-electron chi connectivity index (χ4n) is 1.50. The zero-order valence-corrected chi connectivity index (χ0v) is 17.3. The second-order valence-electron chi connectivity index (χ2n) is 4.15. The monoisotopic (exact) mass is 435 g/mol. The van der Waals surface area contributed by atoms with Crippen molar-refractivity contribution in [1.82, 2.24) is 5.32 Å². The predicted molar refractivity (Wildman–Crippen MR) is 103 cm³/mol. The molecular formula is C13H17Cl3NO3PS2. The normalized spacial score (nSPS) is 13.6. The molecule has 0 heterocycles. The van der Waals surface area contributed by atoms with E-state index < -0.39 is 14.9 Å². The van der Waals surface area contributed by atoms with Crippen LogP contribution in [0.4, 0.5) is 0 Å². The van der Waals surface area contributed by atoms with E-state index in [2.05, 4.69) is 5.32 Å². The molecule has 1 aromatic carbocycles. The molecule has 0 aliphatic heterocycles. The molecule has 0 saturated heterocycles. The number of halogens is 3. The Morgan fingerprint density at radius 3 is 2.22 bits per heavy atom. The molecule has 0 saturated carbocycles. The van der Waals surface area contributed by atoms with Gasteiger partial charge in [0, 0.05) is 5.56 Å². The van der Waals surface area contributed by atoms with Crippen LogP contribution < -0.4 is 5.32 Å². The summed E-state index contributed by atoms with van der Waals surface area (Å²) in [6.45, 7) is 4.33. The van der Waals surface area contributed by atoms with E-state index in [0.717, 1.165) is 11.4 Å². The minimum atomic E-state index is -2.74. The summed E-state index contributed by atoms with van der Waals surface area (Å²) in [5.74, 6) is -0.371. The molecule has 1 unspecified atom stereocenters. The van der Waals surface area contributed by atoms with Crippen LogP contribution in [0.3, 0.4) is 0 Å². The van der Waals surface area contributed by atoms with Crippen LogP contribution in [0, 0.1) is 0 Å². The average molecular weight is 437 g/mol. The largest absolute Gasteiger partial charge is 0.336 e. The van der Waals surface area contributed by atoms with Crippen LogP contribution in [0.25, 0.3) is 0 Å². The van der Waals surface area contributed by atoms with Gasteiger partial charge in [-0.1, -0.05) is 53.0 Å². The number of carbonyl (C=O) groups is 1. The van der Waals surface area contributed by atoms with E-state index in [-0.39, 0.29) is 5.91 Å². The van der Waals surface area contributed by atoms with Gasteiger partial charge in [0.15, 0.2) is 0 Å². The summed E-state index contributed by atoms with van der Waals surface area (Å²) in [6.07, 6.45) is 0. The molecule has 1 atom stereocenters. The second-order valence-corrected chi connectivity index (χ2v) is 12.8. The third-order valence-electron chi connectivity index (χ3n) is 2.40. The molecule has 4 nitrogen and oxygen atoms in total. The number of carbonyl (C=O) groups excluding carboxylic acids is 1. The SMILES string of the molecule is CCOP(=S)(OCC)SC(NC(=O)c1ccccc1)C(Cl)(Cl)Cl. The summed E-state index contributed by atoms with van der Waals surface area (Å²) < 4.78 is 9.27. The van der Waals surface area contributed by atoms with Crippen molar-refractivity contribution in [2.24, 2.45) is 0 Å². The first kappa shape index (κ1) is 21.5. The minimum Gasteiger partial charge on any atom is -0.336 e. The highest BCUT2D eigenvalue weighted by atomic mass is 35.6. The number of hydrogen-bond donors (Lipinski definition) is 1. The highest BCUT2D eigenvalue weighted by Gasteiger charge is 2.39. The number of nitrogens with one attached hydrogen (secondary N) is 1. The first-order valence-corrected chi connectivity index (χ1v) is 12.0. The first-order valence-electron chi connectivity index (χ1n) is 6.72. The van der Waals surface area contributed by atoms with Crippen LogP contribution in [0.1, 0.15) is 24.2 Å². The lowest BCUT2D eigenvalue weighted by Gasteiger charge is -2.29. The Hall–Kier alpha value is 0.480. The highest BCUT2D eigenvalue weighted by molar-refractivity contribution is 8.68. The fourth-order valence-corrected chi connectivity index (χ4v) is 7.80. The molecule has 0 aliphatic rings. The van der Waals surface area contributed by atoms with Crippen molar-refractivity contribution in [3.05, 3.63) is 35.9 Å². The highest BCUT2D eigenvalue weighted by Crippen LogP contribution is 2.64. The Morgan fingerprint density at radius 1 is 1.26 bits per heavy atom. The fraction of sp³-hybridized carbons (Fsp3) is 0.462. The van der Waals surface area contributed by atoms with E-state index in [1.165, 1.54) is 0 Å². The maximum Gasteiger partial charge on any atom is 0.252 e. The maximum atomic E-state index is 12.3. The van der Waals surface area contributed by atoms with Crippen LogP contribution in [0.15, 0.2) is 30.3 Å². The summed E-state index contributed by atoms with van der Waals surface area (Å²) in [7, 11) is 0. The summed E-state index contributed by atoms with van der Waals surface area (Å²) >= 11 is 24.4. The lowest BCUT2D eigenvalue weighted by Crippen LogP contribution is -2.41. The Kier molecular flexibility index (Phi) is 9.20. The molecule has 23 heavy (non-hydrogen) atoms. The van der Waals surface area contributed by atoms with Gasteiger partial charge in [-0.2, -0.15) is 0 Å². The van der Waals surface area contributed by atoms with Crippen LogP contribution in [-0.2, 0) is 20.9 Å². The third-order valence-corrected chi connectivity index (χ3v) is 8.98. The van der Waals surface area contributed by atoms with E-state index >= 15 is 0 Å². The van der Waals surface area contributed by atoms with E-state index in [4.69, 9.17) is 55.7 Å². The minimum absolute atomic E-state index is 0.365. The van der Waals surface area contributed by atoms with Crippen LogP contribution >= 0.6 is 51.9 Å². The molecule has 130 valence electrons. The van der Waals surface area contributed by atoms with Gasteiger partial charge in [-0.3, -0.25) is 4.79 Å². The van der Waals surface area contributed by atoms with E-state index in [0.29, 0.717) is 18.8 Å². The summed E-state index contributed by atoms with van der Waals surface area (Å²) in [5.41, 5.74) is -2.29. The maximum absolute atomic E-state index is 12.3. The molecule has 1 aromatic rings. The summed E-state index contributed by atoms with van der Waals surface area (Å²) in [6, 6.07) is 8.63. The molecule has 0 aromatic heterocycles. The predicted octanol–water partition coefficient (Wildman–Crippen LogP) is 5.14. The summed E-state index contributed by atoms with van der Waals surface area (Å²) in [5, 5.41) is 1.76. The van der Waals surface area contributed by atoms with Gasteiger partial charge in [0.25, 0.3) is 5.91 Å². The molecule has 0 bridgehead atoms. The second kappa shape index (κ2) is 9.83. The van der Waals surface area contributed by atoms with E-state index in [1.54, 1.807) is 38.1 Å². The van der Waals surface area contributed by atoms with Gasteiger partial charge >= 0.3 is 0 Å². The number of hydrogen-bond acceptors (Lipinski definition) is 5. The zero-order chi connectivity index (χ0) is 17.5. The molecule has 1 amide bonds. The standard InChI is InChI=1S/C13H17Cl3NO3PS2/c1-3-19-21(22,20-4-2)23-12(13(14,15)16)17-11(18)10-8-6-5-7-9-10/h5-9,12H,3-4H2,1-2H3,(H,17,18). The van der Waals surface area contributed by atoms with Crippen LogP contribution in [-0.4, -0.2) is 28.3 Å². The van der Waals surface area contributed by atoms with Crippen molar-refractivity contribution in [3.8, 4) is 0 Å². The number of rotatable bonds is 8. The first-order chi connectivity index (χ1) is 10.7. The van der Waals surface area contributed by atoms with Gasteiger partial charge in [0.1, 0.15) is 5.37 Å². The third kappa shape index (κ3) is 7.49. The Morgan fingerprint density at radius 2 is 1.78 bits per heavy atom. The van der Waals surface area contributed by atoms with Crippen molar-refractivity contribution in [2.45, 2.75) is 23.0 Å². The lowest BCUT2D eigenvalue weighted by molar-refractivity contribution is 0.0950. The molecule has 1 N–H and O–H groups in total. The number of amides is 1. The lowest BCUT2D eigenvalue weighted by atomic mass is 10.2. The smallest absolute Gasteiger partial charge is 0.252 e. The van der Waals surface area contributed by atoms with Gasteiger partial charge in [-0.05, 0) is 49.2 Å². The Bertz CT molecular complexity index is 547. The van der Waals surface area contributed by atoms with Crippen LogP contribution in [0.2, 0.25) is 0 Å². The quantitative estimate of drug-likeness (QED) is 0.347. The summed E-state index contributed by atoms with van der Waals surface area (Å²) in [4.78, 5) is 12.3. The zero-order valence-electron chi connectivity index (χ0n) is 12.5. The molecular weight excluding hydrogens is 420 g/mol. The van der Waals surface area contributed by atoms with Gasteiger partial charge in [-0.25, -0.2) is 0 Å². The molecule has 0 aliphatic carbocycles. The molecule has 1 rings (SSSR count).